The number of amides is 1. The fraction of sp³-hybridized carbons (Fsp3) is 0.591. The molecule has 1 saturated carbocycles. The van der Waals surface area contributed by atoms with Crippen LogP contribution in [0.25, 0.3) is 0 Å². The standard InChI is InChI=1S/C22H28N2OS2/c25-21(24-11-3-6-16-5-1-2-7-18(16)24)15-23-12-9-19-17(10-14-27-19)22(23)20-8-4-13-26-20/h4,8,10,13-14,16,18,22H,1-3,5-7,9,11-12,15H2. The highest BCUT2D eigenvalue weighted by molar-refractivity contribution is 7.10. The number of hydrogen-bond donors (Lipinski definition) is 0. The highest BCUT2D eigenvalue weighted by atomic mass is 32.1. The Balaban J connectivity index is 1.37. The van der Waals surface area contributed by atoms with Crippen LogP contribution in [0.5, 0.6) is 0 Å². The number of nitrogens with zero attached hydrogens (tertiary/aromatic N) is 2. The molecular formula is C22H28N2OS2. The number of likely N-dealkylation sites (tertiary alicyclic amines) is 1. The van der Waals surface area contributed by atoms with Crippen LogP contribution in [0.15, 0.2) is 29.0 Å². The number of fused-ring (bicyclic) bond motifs is 2. The Hall–Kier alpha value is -1.17. The Bertz CT molecular complexity index is 782. The molecule has 2 aromatic heterocycles. The number of hydrogen-bond acceptors (Lipinski definition) is 4. The van der Waals surface area contributed by atoms with Gasteiger partial charge >= 0.3 is 0 Å². The molecule has 3 aliphatic rings. The van der Waals surface area contributed by atoms with Crippen LogP contribution < -0.4 is 0 Å². The van der Waals surface area contributed by atoms with E-state index < -0.39 is 0 Å². The summed E-state index contributed by atoms with van der Waals surface area (Å²) in [6.07, 6.45) is 8.80. The molecule has 2 aromatic rings. The van der Waals surface area contributed by atoms with Crippen LogP contribution in [0.1, 0.15) is 59.9 Å². The second-order valence-corrected chi connectivity index (χ2v) is 10.3. The number of carbonyl (C=O) groups excluding carboxylic acids is 1. The Labute approximate surface area is 170 Å². The molecule has 2 fully saturated rings. The van der Waals surface area contributed by atoms with Gasteiger partial charge in [-0.3, -0.25) is 9.69 Å². The van der Waals surface area contributed by atoms with Crippen LogP contribution in [0.2, 0.25) is 0 Å². The summed E-state index contributed by atoms with van der Waals surface area (Å²) in [4.78, 5) is 21.0. The van der Waals surface area contributed by atoms with Gasteiger partial charge in [0, 0.05) is 28.9 Å². The molecule has 5 rings (SSSR count). The molecule has 0 spiro atoms. The van der Waals surface area contributed by atoms with Crippen molar-refractivity contribution >= 4 is 28.6 Å². The third-order valence-corrected chi connectivity index (χ3v) is 8.70. The van der Waals surface area contributed by atoms with E-state index in [4.69, 9.17) is 0 Å². The van der Waals surface area contributed by atoms with E-state index in [0.717, 1.165) is 25.4 Å². The largest absolute Gasteiger partial charge is 0.338 e. The monoisotopic (exact) mass is 400 g/mol. The molecule has 0 radical (unpaired) electrons. The normalized spacial score (nSPS) is 28.6. The lowest BCUT2D eigenvalue weighted by Crippen LogP contribution is -2.53. The topological polar surface area (TPSA) is 23.6 Å². The molecule has 3 atom stereocenters. The summed E-state index contributed by atoms with van der Waals surface area (Å²) in [7, 11) is 0. The van der Waals surface area contributed by atoms with Crippen molar-refractivity contribution in [2.75, 3.05) is 19.6 Å². The molecule has 0 aromatic carbocycles. The van der Waals surface area contributed by atoms with Gasteiger partial charge in [-0.1, -0.05) is 18.9 Å². The maximum Gasteiger partial charge on any atom is 0.237 e. The second kappa shape index (κ2) is 7.69. The quantitative estimate of drug-likeness (QED) is 0.729. The number of carbonyl (C=O) groups is 1. The van der Waals surface area contributed by atoms with Gasteiger partial charge < -0.3 is 4.90 Å². The van der Waals surface area contributed by atoms with Gasteiger partial charge in [-0.2, -0.15) is 0 Å². The van der Waals surface area contributed by atoms with Gasteiger partial charge in [0.1, 0.15) is 0 Å². The van der Waals surface area contributed by atoms with Gasteiger partial charge in [0.2, 0.25) is 5.91 Å². The van der Waals surface area contributed by atoms with Crippen LogP contribution >= 0.6 is 22.7 Å². The molecule has 0 N–H and O–H groups in total. The third kappa shape index (κ3) is 3.39. The Morgan fingerprint density at radius 3 is 2.81 bits per heavy atom. The highest BCUT2D eigenvalue weighted by Crippen LogP contribution is 2.40. The summed E-state index contributed by atoms with van der Waals surface area (Å²) in [6.45, 7) is 2.53. The van der Waals surface area contributed by atoms with Crippen LogP contribution in [-0.4, -0.2) is 41.4 Å². The molecule has 144 valence electrons. The molecular weight excluding hydrogens is 372 g/mol. The highest BCUT2D eigenvalue weighted by Gasteiger charge is 2.38. The van der Waals surface area contributed by atoms with E-state index in [0.29, 0.717) is 18.5 Å². The van der Waals surface area contributed by atoms with Gasteiger partial charge in [0.05, 0.1) is 12.6 Å². The van der Waals surface area contributed by atoms with Crippen molar-refractivity contribution in [1.29, 1.82) is 0 Å². The van der Waals surface area contributed by atoms with Crippen molar-refractivity contribution in [3.8, 4) is 0 Å². The molecule has 2 aliphatic heterocycles. The summed E-state index contributed by atoms with van der Waals surface area (Å²) >= 11 is 3.69. The Kier molecular flexibility index (Phi) is 5.09. The first-order valence-corrected chi connectivity index (χ1v) is 12.2. The van der Waals surface area contributed by atoms with E-state index in [1.807, 2.05) is 22.7 Å². The average Bonchev–Trinajstić information content (AvgIpc) is 3.39. The Morgan fingerprint density at radius 1 is 1.04 bits per heavy atom. The van der Waals surface area contributed by atoms with Crippen molar-refractivity contribution in [3.05, 3.63) is 44.3 Å². The van der Waals surface area contributed by atoms with Gasteiger partial charge in [-0.05, 0) is 66.5 Å². The fourth-order valence-corrected chi connectivity index (χ4v) is 7.30. The van der Waals surface area contributed by atoms with Crippen molar-refractivity contribution < 1.29 is 4.79 Å². The lowest BCUT2D eigenvalue weighted by Gasteiger charge is -2.45. The van der Waals surface area contributed by atoms with Gasteiger partial charge in [-0.15, -0.1) is 22.7 Å². The van der Waals surface area contributed by atoms with Gasteiger partial charge in [-0.25, -0.2) is 0 Å². The average molecular weight is 401 g/mol. The minimum atomic E-state index is 0.260. The van der Waals surface area contributed by atoms with E-state index in [2.05, 4.69) is 38.8 Å². The zero-order valence-electron chi connectivity index (χ0n) is 15.8. The van der Waals surface area contributed by atoms with Crippen molar-refractivity contribution in [2.45, 2.75) is 57.0 Å². The lowest BCUT2D eigenvalue weighted by molar-refractivity contribution is -0.139. The predicted molar refractivity (Wildman–Crippen MR) is 112 cm³/mol. The zero-order chi connectivity index (χ0) is 18.2. The van der Waals surface area contributed by atoms with E-state index in [-0.39, 0.29) is 6.04 Å². The first kappa shape index (κ1) is 17.9. The van der Waals surface area contributed by atoms with Crippen LogP contribution in [0.4, 0.5) is 0 Å². The molecule has 3 unspecified atom stereocenters. The molecule has 27 heavy (non-hydrogen) atoms. The molecule has 1 aliphatic carbocycles. The number of thiophene rings is 2. The van der Waals surface area contributed by atoms with E-state index in [1.54, 1.807) is 0 Å². The first-order valence-electron chi connectivity index (χ1n) is 10.4. The van der Waals surface area contributed by atoms with Crippen molar-refractivity contribution in [2.24, 2.45) is 5.92 Å². The van der Waals surface area contributed by atoms with Crippen molar-refractivity contribution in [3.63, 3.8) is 0 Å². The third-order valence-electron chi connectivity index (χ3n) is 6.78. The summed E-state index contributed by atoms with van der Waals surface area (Å²) in [5.74, 6) is 1.13. The van der Waals surface area contributed by atoms with E-state index in [1.165, 1.54) is 53.8 Å². The molecule has 1 saturated heterocycles. The summed E-state index contributed by atoms with van der Waals surface area (Å²) in [5, 5.41) is 4.38. The maximum atomic E-state index is 13.4. The number of piperidine rings is 1. The smallest absolute Gasteiger partial charge is 0.237 e. The summed E-state index contributed by atoms with van der Waals surface area (Å²) in [5.41, 5.74) is 1.43. The lowest BCUT2D eigenvalue weighted by atomic mass is 9.78. The first-order chi connectivity index (χ1) is 13.3. The molecule has 5 heteroatoms. The minimum absolute atomic E-state index is 0.260. The second-order valence-electron chi connectivity index (χ2n) is 8.28. The predicted octanol–water partition coefficient (Wildman–Crippen LogP) is 4.94. The number of rotatable bonds is 3. The fourth-order valence-electron chi connectivity index (χ4n) is 5.52. The molecule has 1 amide bonds. The van der Waals surface area contributed by atoms with Crippen LogP contribution in [-0.2, 0) is 11.2 Å². The minimum Gasteiger partial charge on any atom is -0.338 e. The van der Waals surface area contributed by atoms with E-state index in [9.17, 15) is 4.79 Å². The van der Waals surface area contributed by atoms with Crippen LogP contribution in [0, 0.1) is 5.92 Å². The summed E-state index contributed by atoms with van der Waals surface area (Å²) in [6, 6.07) is 7.42. The zero-order valence-corrected chi connectivity index (χ0v) is 17.4. The maximum absolute atomic E-state index is 13.4. The molecule has 4 heterocycles. The van der Waals surface area contributed by atoms with Crippen molar-refractivity contribution in [1.82, 2.24) is 9.80 Å². The SMILES string of the molecule is O=C(CN1CCc2sccc2C1c1cccs1)N1CCCC2CCCCC21. The molecule has 3 nitrogen and oxygen atoms in total. The van der Waals surface area contributed by atoms with Crippen LogP contribution in [0.3, 0.4) is 0 Å². The van der Waals surface area contributed by atoms with Gasteiger partial charge in [0.15, 0.2) is 0 Å². The molecule has 0 bridgehead atoms. The summed E-state index contributed by atoms with van der Waals surface area (Å²) < 4.78 is 0. The van der Waals surface area contributed by atoms with Gasteiger partial charge in [0.25, 0.3) is 0 Å². The Morgan fingerprint density at radius 2 is 1.93 bits per heavy atom. The van der Waals surface area contributed by atoms with E-state index >= 15 is 0 Å².